The number of fused-ring (bicyclic) bond motifs is 3. The van der Waals surface area contributed by atoms with E-state index in [0.29, 0.717) is 11.3 Å². The first-order chi connectivity index (χ1) is 10.4. The first-order valence-electron chi connectivity index (χ1n) is 9.04. The van der Waals surface area contributed by atoms with Gasteiger partial charge >= 0.3 is 0 Å². The lowest BCUT2D eigenvalue weighted by Crippen LogP contribution is -2.53. The largest absolute Gasteiger partial charge is 0.393 e. The SMILES string of the molecule is C[C@]12C=CC(=O)C=C1CC[C@@H]1[C@@H]2CC[C@]2(C)C(O)CC3CC312. The smallest absolute Gasteiger partial charge is 0.178 e. The van der Waals surface area contributed by atoms with E-state index in [0.717, 1.165) is 31.1 Å². The number of aliphatic hydroxyl groups excluding tert-OH is 1. The number of carbonyl (C=O) groups excluding carboxylic acids is 1. The summed E-state index contributed by atoms with van der Waals surface area (Å²) in [5, 5.41) is 10.6. The minimum absolute atomic E-state index is 0.0829. The van der Waals surface area contributed by atoms with E-state index in [1.165, 1.54) is 24.8 Å². The zero-order valence-corrected chi connectivity index (χ0v) is 13.6. The molecule has 0 aromatic rings. The van der Waals surface area contributed by atoms with Crippen molar-refractivity contribution >= 4 is 5.78 Å². The highest BCUT2D eigenvalue weighted by atomic mass is 16.3. The number of allylic oxidation sites excluding steroid dienone is 4. The first kappa shape index (κ1) is 13.5. The molecule has 1 spiro atoms. The number of rotatable bonds is 0. The van der Waals surface area contributed by atoms with Crippen molar-refractivity contribution in [2.75, 3.05) is 0 Å². The van der Waals surface area contributed by atoms with E-state index in [2.05, 4.69) is 19.9 Å². The van der Waals surface area contributed by atoms with Crippen molar-refractivity contribution in [1.29, 1.82) is 0 Å². The van der Waals surface area contributed by atoms with E-state index in [1.807, 2.05) is 6.08 Å². The van der Waals surface area contributed by atoms with E-state index >= 15 is 0 Å². The van der Waals surface area contributed by atoms with Gasteiger partial charge in [0.25, 0.3) is 0 Å². The molecule has 118 valence electrons. The van der Waals surface area contributed by atoms with Crippen LogP contribution in [-0.2, 0) is 4.79 Å². The van der Waals surface area contributed by atoms with E-state index in [1.54, 1.807) is 6.08 Å². The molecule has 0 aromatic heterocycles. The van der Waals surface area contributed by atoms with Gasteiger partial charge in [0, 0.05) is 5.41 Å². The van der Waals surface area contributed by atoms with Gasteiger partial charge in [0.2, 0.25) is 0 Å². The molecule has 5 aliphatic carbocycles. The van der Waals surface area contributed by atoms with Gasteiger partial charge < -0.3 is 5.11 Å². The molecule has 4 saturated carbocycles. The third kappa shape index (κ3) is 1.28. The molecule has 2 nitrogen and oxygen atoms in total. The number of aliphatic hydroxyl groups is 1. The quantitative estimate of drug-likeness (QED) is 0.741. The highest BCUT2D eigenvalue weighted by Gasteiger charge is 2.77. The van der Waals surface area contributed by atoms with Crippen LogP contribution in [0.4, 0.5) is 0 Å². The molecule has 22 heavy (non-hydrogen) atoms. The Labute approximate surface area is 132 Å². The Hall–Kier alpha value is -0.890. The molecule has 7 atom stereocenters. The van der Waals surface area contributed by atoms with Crippen molar-refractivity contribution in [3.05, 3.63) is 23.8 Å². The van der Waals surface area contributed by atoms with Gasteiger partial charge in [-0.05, 0) is 79.3 Å². The summed E-state index contributed by atoms with van der Waals surface area (Å²) in [7, 11) is 0. The number of hydrogen-bond acceptors (Lipinski definition) is 2. The topological polar surface area (TPSA) is 37.3 Å². The van der Waals surface area contributed by atoms with Gasteiger partial charge in [0.15, 0.2) is 5.78 Å². The normalized spacial score (nSPS) is 58.3. The van der Waals surface area contributed by atoms with Crippen molar-refractivity contribution in [2.24, 2.45) is 34.0 Å². The molecule has 0 bridgehead atoms. The van der Waals surface area contributed by atoms with Gasteiger partial charge in [-0.2, -0.15) is 0 Å². The molecule has 4 fully saturated rings. The van der Waals surface area contributed by atoms with Crippen LogP contribution in [0.1, 0.15) is 52.4 Å². The fourth-order valence-corrected chi connectivity index (χ4v) is 7.40. The van der Waals surface area contributed by atoms with Crippen LogP contribution in [0, 0.1) is 34.0 Å². The standard InChI is InChI=1S/C20H26O2/c1-18-7-5-14(21)9-12(18)3-4-16-15(18)6-8-19(2)17(22)10-13-11-20(13,16)19/h5,7,9,13,15-17,22H,3-4,6,8,10-11H2,1-2H3/t13?,15-,16+,17?,18-,19+,20?/m0/s1. The number of ketones is 1. The molecular weight excluding hydrogens is 272 g/mol. The van der Waals surface area contributed by atoms with Gasteiger partial charge in [-0.1, -0.05) is 25.5 Å². The summed E-state index contributed by atoms with van der Waals surface area (Å²) < 4.78 is 0. The van der Waals surface area contributed by atoms with Crippen molar-refractivity contribution < 1.29 is 9.90 Å². The summed E-state index contributed by atoms with van der Waals surface area (Å²) in [6.07, 6.45) is 12.9. The van der Waals surface area contributed by atoms with Crippen LogP contribution in [0.25, 0.3) is 0 Å². The highest BCUT2D eigenvalue weighted by Crippen LogP contribution is 2.82. The Bertz CT molecular complexity index is 632. The zero-order chi connectivity index (χ0) is 15.3. The molecule has 0 aromatic carbocycles. The molecule has 0 radical (unpaired) electrons. The maximum Gasteiger partial charge on any atom is 0.178 e. The van der Waals surface area contributed by atoms with E-state index in [-0.39, 0.29) is 22.7 Å². The van der Waals surface area contributed by atoms with Crippen molar-refractivity contribution in [2.45, 2.75) is 58.5 Å². The summed E-state index contributed by atoms with van der Waals surface area (Å²) in [4.78, 5) is 11.8. The average Bonchev–Trinajstić information content (AvgIpc) is 3.13. The fraction of sp³-hybridized carbons (Fsp3) is 0.750. The molecule has 5 rings (SSSR count). The summed E-state index contributed by atoms with van der Waals surface area (Å²) in [6.45, 7) is 4.73. The summed E-state index contributed by atoms with van der Waals surface area (Å²) in [5.41, 5.74) is 2.04. The predicted molar refractivity (Wildman–Crippen MR) is 85.1 cm³/mol. The van der Waals surface area contributed by atoms with Crippen LogP contribution >= 0.6 is 0 Å². The highest BCUT2D eigenvalue weighted by molar-refractivity contribution is 6.01. The Morgan fingerprint density at radius 3 is 2.86 bits per heavy atom. The minimum atomic E-state index is -0.0829. The third-order valence-electron chi connectivity index (χ3n) is 8.68. The lowest BCUT2D eigenvalue weighted by molar-refractivity contribution is -0.111. The maximum atomic E-state index is 11.8. The number of hydrogen-bond donors (Lipinski definition) is 1. The van der Waals surface area contributed by atoms with Crippen LogP contribution in [0.15, 0.2) is 23.8 Å². The van der Waals surface area contributed by atoms with E-state index in [9.17, 15) is 9.90 Å². The Morgan fingerprint density at radius 1 is 1.23 bits per heavy atom. The average molecular weight is 298 g/mol. The molecule has 5 aliphatic rings. The van der Waals surface area contributed by atoms with Gasteiger partial charge in [0.1, 0.15) is 0 Å². The molecule has 0 aliphatic heterocycles. The third-order valence-corrected chi connectivity index (χ3v) is 8.68. The van der Waals surface area contributed by atoms with Crippen molar-refractivity contribution in [3.8, 4) is 0 Å². The summed E-state index contributed by atoms with van der Waals surface area (Å²) in [5.74, 6) is 2.35. The van der Waals surface area contributed by atoms with Gasteiger partial charge in [-0.15, -0.1) is 0 Å². The molecule has 1 N–H and O–H groups in total. The van der Waals surface area contributed by atoms with Gasteiger partial charge in [-0.3, -0.25) is 4.79 Å². The Morgan fingerprint density at radius 2 is 2.05 bits per heavy atom. The lowest BCUT2D eigenvalue weighted by atomic mass is 9.46. The minimum Gasteiger partial charge on any atom is -0.393 e. The van der Waals surface area contributed by atoms with E-state index in [4.69, 9.17) is 0 Å². The summed E-state index contributed by atoms with van der Waals surface area (Å²) >= 11 is 0. The summed E-state index contributed by atoms with van der Waals surface area (Å²) in [6, 6.07) is 0. The monoisotopic (exact) mass is 298 g/mol. The van der Waals surface area contributed by atoms with Crippen LogP contribution < -0.4 is 0 Å². The van der Waals surface area contributed by atoms with Crippen molar-refractivity contribution in [3.63, 3.8) is 0 Å². The molecule has 0 saturated heterocycles. The van der Waals surface area contributed by atoms with Gasteiger partial charge in [-0.25, -0.2) is 0 Å². The maximum absolute atomic E-state index is 11.8. The fourth-order valence-electron chi connectivity index (χ4n) is 7.40. The molecular formula is C20H26O2. The van der Waals surface area contributed by atoms with Crippen LogP contribution in [0.5, 0.6) is 0 Å². The van der Waals surface area contributed by atoms with Crippen LogP contribution in [0.2, 0.25) is 0 Å². The van der Waals surface area contributed by atoms with E-state index < -0.39 is 0 Å². The molecule has 0 amide bonds. The first-order valence-corrected chi connectivity index (χ1v) is 9.04. The lowest BCUT2D eigenvalue weighted by Gasteiger charge is -2.58. The second kappa shape index (κ2) is 3.77. The Balaban J connectivity index is 1.58. The molecule has 3 unspecified atom stereocenters. The zero-order valence-electron chi connectivity index (χ0n) is 13.6. The van der Waals surface area contributed by atoms with Crippen LogP contribution in [0.3, 0.4) is 0 Å². The van der Waals surface area contributed by atoms with Crippen LogP contribution in [-0.4, -0.2) is 17.0 Å². The second-order valence-corrected chi connectivity index (χ2v) is 9.09. The van der Waals surface area contributed by atoms with Gasteiger partial charge in [0.05, 0.1) is 6.10 Å². The molecule has 2 heteroatoms. The Kier molecular flexibility index (Phi) is 2.32. The number of carbonyl (C=O) groups is 1. The second-order valence-electron chi connectivity index (χ2n) is 9.09. The van der Waals surface area contributed by atoms with Crippen molar-refractivity contribution in [1.82, 2.24) is 0 Å². The molecule has 0 heterocycles. The predicted octanol–water partition coefficient (Wildman–Crippen LogP) is 3.66.